The van der Waals surface area contributed by atoms with Crippen molar-refractivity contribution in [2.45, 2.75) is 41.5 Å². The van der Waals surface area contributed by atoms with Gasteiger partial charge in [0, 0.05) is 71.8 Å². The molecule has 0 radical (unpaired) electrons. The first-order chi connectivity index (χ1) is 17.5. The molecule has 2 aromatic rings. The zero-order chi connectivity index (χ0) is 25.8. The number of hydrogen-bond donors (Lipinski definition) is 0. The van der Waals surface area contributed by atoms with E-state index in [-0.39, 0.29) is 0 Å². The molecule has 1 aliphatic carbocycles. The van der Waals surface area contributed by atoms with E-state index in [1.54, 1.807) is 0 Å². The Hall–Kier alpha value is -2.98. The van der Waals surface area contributed by atoms with Gasteiger partial charge < -0.3 is 14.2 Å². The molecule has 4 rings (SSSR count). The van der Waals surface area contributed by atoms with Crippen LogP contribution in [0.25, 0.3) is 33.4 Å². The number of rotatable bonds is 9. The third kappa shape index (κ3) is 4.84. The van der Waals surface area contributed by atoms with E-state index < -0.39 is 0 Å². The molecule has 4 nitrogen and oxygen atoms in total. The molecule has 0 unspecified atom stereocenters. The monoisotopic (exact) mass is 504 g/mol. The summed E-state index contributed by atoms with van der Waals surface area (Å²) in [5.74, 6) is 0.877. The van der Waals surface area contributed by atoms with Crippen molar-refractivity contribution in [1.82, 2.24) is 4.58 Å². The second-order valence-corrected chi connectivity index (χ2v) is 9.43. The van der Waals surface area contributed by atoms with Gasteiger partial charge in [-0.25, -0.2) is 4.58 Å². The van der Waals surface area contributed by atoms with Gasteiger partial charge in [0.25, 0.3) is 0 Å². The fourth-order valence-corrected chi connectivity index (χ4v) is 5.49. The van der Waals surface area contributed by atoms with E-state index in [1.807, 2.05) is 0 Å². The largest absolute Gasteiger partial charge is 0.456 e. The van der Waals surface area contributed by atoms with Gasteiger partial charge in [-0.1, -0.05) is 17.7 Å². The first kappa shape index (κ1) is 26.1. The van der Waals surface area contributed by atoms with Crippen LogP contribution in [0, 0.1) is 0 Å². The summed E-state index contributed by atoms with van der Waals surface area (Å²) in [6, 6.07) is 19.6. The third-order valence-electron chi connectivity index (χ3n) is 7.30. The van der Waals surface area contributed by atoms with Crippen molar-refractivity contribution in [3.05, 3.63) is 65.0 Å². The van der Waals surface area contributed by atoms with Gasteiger partial charge in [-0.3, -0.25) is 0 Å². The lowest BCUT2D eigenvalue weighted by Crippen LogP contribution is -2.29. The van der Waals surface area contributed by atoms with Crippen LogP contribution < -0.4 is 19.7 Å². The average Bonchev–Trinajstić information content (AvgIpc) is 2.90. The molecule has 2 aliphatic rings. The molecule has 2 aromatic carbocycles. The highest BCUT2D eigenvalue weighted by molar-refractivity contribution is 6.34. The minimum Gasteiger partial charge on any atom is -0.456 e. The first-order valence-electron chi connectivity index (χ1n) is 13.4. The smallest absolute Gasteiger partial charge is 0.203 e. The fraction of sp³-hybridized carbons (Fsp3) is 0.387. The maximum Gasteiger partial charge on any atom is 0.203 e. The Kier molecular flexibility index (Phi) is 8.25. The maximum absolute atomic E-state index is 7.00. The normalized spacial score (nSPS) is 11.3. The van der Waals surface area contributed by atoms with Crippen LogP contribution in [0.5, 0.6) is 0 Å². The lowest BCUT2D eigenvalue weighted by molar-refractivity contribution is 0.604. The van der Waals surface area contributed by atoms with E-state index in [9.17, 15) is 0 Å². The Labute approximate surface area is 220 Å². The zero-order valence-corrected chi connectivity index (χ0v) is 23.3. The standard InChI is InChI=1S/C31H39ClN3O/c1-7-33(8-2)22-13-16-25(28(32)19-22)31-26-17-14-23(34(9-3)10-4)20-29(26)36-30-21-24(15-18-27(30)31)35(11-5)12-6/h13-21H,7-12H2,1-6H3/q+1. The minimum absolute atomic E-state index is 0.758. The summed E-state index contributed by atoms with van der Waals surface area (Å²) in [5, 5.41) is 3.00. The third-order valence-corrected chi connectivity index (χ3v) is 7.61. The SMILES string of the molecule is CCN(CC)c1ccc(-c2c3ccc(=[N+](CC)CC)cc-3oc3cc(N(CC)CC)ccc23)c(Cl)c1. The van der Waals surface area contributed by atoms with Crippen LogP contribution in [0.3, 0.4) is 0 Å². The van der Waals surface area contributed by atoms with Gasteiger partial charge in [0.05, 0.1) is 11.1 Å². The summed E-state index contributed by atoms with van der Waals surface area (Å²) < 4.78 is 8.94. The molecule has 0 N–H and O–H groups in total. The molecule has 0 amide bonds. The molecule has 0 fully saturated rings. The molecular formula is C31H39ClN3O+. The molecule has 0 saturated heterocycles. The van der Waals surface area contributed by atoms with E-state index in [4.69, 9.17) is 16.0 Å². The summed E-state index contributed by atoms with van der Waals surface area (Å²) in [4.78, 5) is 4.66. The van der Waals surface area contributed by atoms with Crippen LogP contribution in [0.2, 0.25) is 5.02 Å². The van der Waals surface area contributed by atoms with Crippen molar-refractivity contribution >= 4 is 33.9 Å². The van der Waals surface area contributed by atoms with Crippen LogP contribution in [-0.2, 0) is 0 Å². The molecule has 0 saturated carbocycles. The molecule has 1 aliphatic heterocycles. The second kappa shape index (κ2) is 11.4. The van der Waals surface area contributed by atoms with E-state index in [0.29, 0.717) is 0 Å². The molecular weight excluding hydrogens is 466 g/mol. The number of fused-ring (bicyclic) bond motifs is 2. The van der Waals surface area contributed by atoms with Crippen LogP contribution in [-0.4, -0.2) is 39.3 Å². The van der Waals surface area contributed by atoms with Gasteiger partial charge in [-0.2, -0.15) is 0 Å². The topological polar surface area (TPSA) is 22.6 Å². The van der Waals surface area contributed by atoms with Crippen molar-refractivity contribution in [2.75, 3.05) is 49.1 Å². The van der Waals surface area contributed by atoms with Crippen LogP contribution in [0.4, 0.5) is 11.4 Å². The summed E-state index contributed by atoms with van der Waals surface area (Å²) in [6.07, 6.45) is 0. The Morgan fingerprint density at radius 3 is 1.86 bits per heavy atom. The zero-order valence-electron chi connectivity index (χ0n) is 22.6. The van der Waals surface area contributed by atoms with E-state index >= 15 is 0 Å². The maximum atomic E-state index is 7.00. The van der Waals surface area contributed by atoms with Crippen molar-refractivity contribution in [2.24, 2.45) is 0 Å². The lowest BCUT2D eigenvalue weighted by Gasteiger charge is -2.24. The number of anilines is 2. The molecule has 1 heterocycles. The average molecular weight is 505 g/mol. The molecule has 0 bridgehead atoms. The Morgan fingerprint density at radius 1 is 0.694 bits per heavy atom. The van der Waals surface area contributed by atoms with Crippen molar-refractivity contribution in [1.29, 1.82) is 0 Å². The minimum atomic E-state index is 0.758. The lowest BCUT2D eigenvalue weighted by atomic mass is 9.93. The molecule has 0 spiro atoms. The summed E-state index contributed by atoms with van der Waals surface area (Å²) in [6.45, 7) is 18.8. The molecule has 0 atom stereocenters. The van der Waals surface area contributed by atoms with Gasteiger partial charge in [-0.15, -0.1) is 0 Å². The highest BCUT2D eigenvalue weighted by Gasteiger charge is 2.21. The predicted octanol–water partition coefficient (Wildman–Crippen LogP) is 7.36. The number of hydrogen-bond acceptors (Lipinski definition) is 3. The van der Waals surface area contributed by atoms with Gasteiger partial charge in [0.15, 0.2) is 0 Å². The number of benzene rings is 3. The van der Waals surface area contributed by atoms with Crippen LogP contribution >= 0.6 is 11.6 Å². The Morgan fingerprint density at radius 2 is 1.28 bits per heavy atom. The van der Waals surface area contributed by atoms with Crippen LogP contribution in [0.15, 0.2) is 59.0 Å². The molecule has 190 valence electrons. The predicted molar refractivity (Wildman–Crippen MR) is 157 cm³/mol. The Bertz CT molecular complexity index is 1380. The summed E-state index contributed by atoms with van der Waals surface area (Å²) in [5.41, 5.74) is 6.43. The van der Waals surface area contributed by atoms with E-state index in [0.717, 1.165) is 83.4 Å². The molecule has 5 heteroatoms. The summed E-state index contributed by atoms with van der Waals surface area (Å²) >= 11 is 7.00. The molecule has 0 aromatic heterocycles. The fourth-order valence-electron chi connectivity index (χ4n) is 5.22. The van der Waals surface area contributed by atoms with Crippen molar-refractivity contribution < 1.29 is 4.42 Å². The summed E-state index contributed by atoms with van der Waals surface area (Å²) in [7, 11) is 0. The van der Waals surface area contributed by atoms with Crippen molar-refractivity contribution in [3.63, 3.8) is 0 Å². The van der Waals surface area contributed by atoms with Gasteiger partial charge in [0.2, 0.25) is 5.36 Å². The Balaban J connectivity index is 2.04. The molecule has 36 heavy (non-hydrogen) atoms. The quantitative estimate of drug-likeness (QED) is 0.175. The van der Waals surface area contributed by atoms with E-state index in [1.165, 1.54) is 11.0 Å². The number of nitrogens with zero attached hydrogens (tertiary/aromatic N) is 3. The van der Waals surface area contributed by atoms with E-state index in [2.05, 4.69) is 111 Å². The highest BCUT2D eigenvalue weighted by atomic mass is 35.5. The highest BCUT2D eigenvalue weighted by Crippen LogP contribution is 2.44. The van der Waals surface area contributed by atoms with Gasteiger partial charge in [-0.05, 0) is 71.9 Å². The number of halogens is 1. The van der Waals surface area contributed by atoms with Gasteiger partial charge in [0.1, 0.15) is 24.4 Å². The van der Waals surface area contributed by atoms with Crippen molar-refractivity contribution in [3.8, 4) is 22.5 Å². The van der Waals surface area contributed by atoms with Crippen LogP contribution in [0.1, 0.15) is 41.5 Å². The first-order valence-corrected chi connectivity index (χ1v) is 13.8. The van der Waals surface area contributed by atoms with Gasteiger partial charge >= 0.3 is 0 Å². The second-order valence-electron chi connectivity index (χ2n) is 9.02.